The Bertz CT molecular complexity index is 1060. The Labute approximate surface area is 161 Å². The molecule has 0 saturated heterocycles. The minimum absolute atomic E-state index is 0.0538. The van der Waals surface area contributed by atoms with Gasteiger partial charge in [0.1, 0.15) is 10.8 Å². The fraction of sp³-hybridized carbons (Fsp3) is 0.111. The van der Waals surface area contributed by atoms with E-state index in [0.29, 0.717) is 15.4 Å². The van der Waals surface area contributed by atoms with Gasteiger partial charge in [0.15, 0.2) is 5.76 Å². The Morgan fingerprint density at radius 2 is 1.96 bits per heavy atom. The Morgan fingerprint density at radius 1 is 1.22 bits per heavy atom. The molecule has 6 nitrogen and oxygen atoms in total. The molecular formula is C18H12FN3O3S2. The number of benzene rings is 1. The van der Waals surface area contributed by atoms with Crippen LogP contribution in [0.25, 0.3) is 0 Å². The Morgan fingerprint density at radius 3 is 2.56 bits per heavy atom. The average molecular weight is 401 g/mol. The average Bonchev–Trinajstić information content (AvgIpc) is 3.37. The van der Waals surface area contributed by atoms with E-state index in [1.54, 1.807) is 24.4 Å². The second-order valence-electron chi connectivity index (χ2n) is 5.80. The summed E-state index contributed by atoms with van der Waals surface area (Å²) in [7, 11) is 0. The SMILES string of the molecule is Cc1nnc(N2C(=O)C(O)=C(C(=O)c3cccs3)[C@H]2c2ccc(F)cc2)s1. The first kappa shape index (κ1) is 17.5. The van der Waals surface area contributed by atoms with Crippen molar-refractivity contribution in [3.63, 3.8) is 0 Å². The molecule has 9 heteroatoms. The smallest absolute Gasteiger partial charge is 0.296 e. The standard InChI is InChI=1S/C18H12FN3O3S2/c1-9-20-21-18(27-9)22-14(10-4-6-11(19)7-5-10)13(16(24)17(22)25)15(23)12-3-2-8-26-12/h2-8,14,24H,1H3/t14-/m1/s1. The van der Waals surface area contributed by atoms with E-state index in [0.717, 1.165) is 0 Å². The molecule has 0 saturated carbocycles. The zero-order chi connectivity index (χ0) is 19.1. The molecule has 0 bridgehead atoms. The van der Waals surface area contributed by atoms with Crippen LogP contribution in [0, 0.1) is 12.7 Å². The number of Topliss-reactive ketones (excluding diaryl/α,β-unsaturated/α-hetero) is 1. The number of aliphatic hydroxyl groups is 1. The van der Waals surface area contributed by atoms with Gasteiger partial charge in [-0.1, -0.05) is 29.5 Å². The number of carbonyl (C=O) groups excluding carboxylic acids is 2. The number of ketones is 1. The summed E-state index contributed by atoms with van der Waals surface area (Å²) in [6, 6.07) is 7.86. The lowest BCUT2D eigenvalue weighted by molar-refractivity contribution is -0.117. The number of carbonyl (C=O) groups is 2. The van der Waals surface area contributed by atoms with Crippen molar-refractivity contribution >= 4 is 39.5 Å². The highest BCUT2D eigenvalue weighted by atomic mass is 32.1. The van der Waals surface area contributed by atoms with Crippen molar-refractivity contribution in [2.75, 3.05) is 4.90 Å². The minimum Gasteiger partial charge on any atom is -0.503 e. The first-order chi connectivity index (χ1) is 13.0. The monoisotopic (exact) mass is 401 g/mol. The molecule has 27 heavy (non-hydrogen) atoms. The summed E-state index contributed by atoms with van der Waals surface area (Å²) in [4.78, 5) is 27.4. The van der Waals surface area contributed by atoms with Gasteiger partial charge < -0.3 is 5.11 Å². The van der Waals surface area contributed by atoms with E-state index in [4.69, 9.17) is 0 Å². The fourth-order valence-electron chi connectivity index (χ4n) is 2.92. The summed E-state index contributed by atoms with van der Waals surface area (Å²) in [6.07, 6.45) is 0. The highest BCUT2D eigenvalue weighted by molar-refractivity contribution is 7.15. The lowest BCUT2D eigenvalue weighted by atomic mass is 9.95. The summed E-state index contributed by atoms with van der Waals surface area (Å²) in [5.41, 5.74) is 0.434. The van der Waals surface area contributed by atoms with Gasteiger partial charge in [0.05, 0.1) is 16.5 Å². The highest BCUT2D eigenvalue weighted by Crippen LogP contribution is 2.43. The van der Waals surface area contributed by atoms with Crippen LogP contribution in [0.5, 0.6) is 0 Å². The summed E-state index contributed by atoms with van der Waals surface area (Å²) in [6.45, 7) is 1.74. The van der Waals surface area contributed by atoms with Gasteiger partial charge in [-0.15, -0.1) is 21.5 Å². The number of hydrogen-bond donors (Lipinski definition) is 1. The molecule has 0 radical (unpaired) electrons. The number of thiophene rings is 1. The molecule has 1 atom stereocenters. The lowest BCUT2D eigenvalue weighted by Crippen LogP contribution is -2.31. The number of amides is 1. The van der Waals surface area contributed by atoms with Gasteiger partial charge in [0.2, 0.25) is 10.9 Å². The van der Waals surface area contributed by atoms with Crippen molar-refractivity contribution in [1.82, 2.24) is 10.2 Å². The quantitative estimate of drug-likeness (QED) is 0.672. The maximum atomic E-state index is 13.4. The molecule has 2 aromatic heterocycles. The van der Waals surface area contributed by atoms with E-state index in [1.165, 1.54) is 51.8 Å². The van der Waals surface area contributed by atoms with Crippen LogP contribution in [-0.4, -0.2) is 27.0 Å². The number of hydrogen-bond acceptors (Lipinski definition) is 7. The van der Waals surface area contributed by atoms with Crippen molar-refractivity contribution in [1.29, 1.82) is 0 Å². The van der Waals surface area contributed by atoms with Gasteiger partial charge in [-0.05, 0) is 36.1 Å². The largest absolute Gasteiger partial charge is 0.503 e. The molecule has 136 valence electrons. The maximum Gasteiger partial charge on any atom is 0.296 e. The third kappa shape index (κ3) is 2.94. The van der Waals surface area contributed by atoms with Gasteiger partial charge in [0.25, 0.3) is 5.91 Å². The molecular weight excluding hydrogens is 389 g/mol. The fourth-order valence-corrected chi connectivity index (χ4v) is 4.31. The van der Waals surface area contributed by atoms with E-state index in [1.807, 2.05) is 0 Å². The van der Waals surface area contributed by atoms with Gasteiger partial charge in [-0.2, -0.15) is 0 Å². The Hall–Kier alpha value is -2.91. The third-order valence-electron chi connectivity index (χ3n) is 4.10. The van der Waals surface area contributed by atoms with E-state index >= 15 is 0 Å². The van der Waals surface area contributed by atoms with E-state index in [9.17, 15) is 19.1 Å². The topological polar surface area (TPSA) is 83.4 Å². The zero-order valence-corrected chi connectivity index (χ0v) is 15.6. The van der Waals surface area contributed by atoms with Crippen molar-refractivity contribution in [2.45, 2.75) is 13.0 Å². The molecule has 1 aromatic carbocycles. The van der Waals surface area contributed by atoms with Crippen LogP contribution in [-0.2, 0) is 4.79 Å². The number of aliphatic hydroxyl groups excluding tert-OH is 1. The molecule has 1 N–H and O–H groups in total. The maximum absolute atomic E-state index is 13.4. The second-order valence-corrected chi connectivity index (χ2v) is 7.91. The van der Waals surface area contributed by atoms with Crippen molar-refractivity contribution in [3.8, 4) is 0 Å². The van der Waals surface area contributed by atoms with Crippen molar-refractivity contribution in [3.05, 3.63) is 74.4 Å². The molecule has 3 aromatic rings. The zero-order valence-electron chi connectivity index (χ0n) is 13.9. The number of nitrogens with zero attached hydrogens (tertiary/aromatic N) is 3. The van der Waals surface area contributed by atoms with E-state index < -0.39 is 29.3 Å². The van der Waals surface area contributed by atoms with Crippen LogP contribution in [0.3, 0.4) is 0 Å². The van der Waals surface area contributed by atoms with Crippen LogP contribution in [0.15, 0.2) is 53.1 Å². The molecule has 0 spiro atoms. The van der Waals surface area contributed by atoms with Crippen LogP contribution in [0.1, 0.15) is 26.3 Å². The molecule has 4 rings (SSSR count). The van der Waals surface area contributed by atoms with Gasteiger partial charge >= 0.3 is 0 Å². The molecule has 0 fully saturated rings. The first-order valence-electron chi connectivity index (χ1n) is 7.88. The Balaban J connectivity index is 1.88. The molecule has 3 heterocycles. The van der Waals surface area contributed by atoms with Crippen LogP contribution in [0.4, 0.5) is 9.52 Å². The predicted molar refractivity (Wildman–Crippen MR) is 99.6 cm³/mol. The number of aromatic nitrogens is 2. The minimum atomic E-state index is -0.917. The van der Waals surface area contributed by atoms with Gasteiger partial charge in [-0.25, -0.2) is 4.39 Å². The summed E-state index contributed by atoms with van der Waals surface area (Å²) >= 11 is 2.38. The van der Waals surface area contributed by atoms with Gasteiger partial charge in [0, 0.05) is 0 Å². The molecule has 1 amide bonds. The number of anilines is 1. The number of rotatable bonds is 4. The summed E-state index contributed by atoms with van der Waals surface area (Å²) < 4.78 is 13.4. The van der Waals surface area contributed by atoms with Crippen LogP contribution < -0.4 is 4.90 Å². The highest BCUT2D eigenvalue weighted by Gasteiger charge is 2.46. The number of aryl methyl sites for hydroxylation is 1. The van der Waals surface area contributed by atoms with Crippen molar-refractivity contribution < 1.29 is 19.1 Å². The third-order valence-corrected chi connectivity index (χ3v) is 5.81. The molecule has 1 aliphatic rings. The number of halogens is 1. The molecule has 0 unspecified atom stereocenters. The normalized spacial score (nSPS) is 17.0. The van der Waals surface area contributed by atoms with Crippen molar-refractivity contribution in [2.24, 2.45) is 0 Å². The first-order valence-corrected chi connectivity index (χ1v) is 9.57. The van der Waals surface area contributed by atoms with Crippen LogP contribution >= 0.6 is 22.7 Å². The van der Waals surface area contributed by atoms with E-state index in [2.05, 4.69) is 10.2 Å². The van der Waals surface area contributed by atoms with E-state index in [-0.39, 0.29) is 10.7 Å². The predicted octanol–water partition coefficient (Wildman–Crippen LogP) is 3.83. The molecule has 1 aliphatic heterocycles. The van der Waals surface area contributed by atoms with Crippen LogP contribution in [0.2, 0.25) is 0 Å². The van der Waals surface area contributed by atoms with Gasteiger partial charge in [-0.3, -0.25) is 14.5 Å². The second kappa shape index (κ2) is 6.67. The molecule has 0 aliphatic carbocycles. The Kier molecular flexibility index (Phi) is 4.33. The summed E-state index contributed by atoms with van der Waals surface area (Å²) in [5, 5.41) is 21.0. The summed E-state index contributed by atoms with van der Waals surface area (Å²) in [5.74, 6) is -2.26. The lowest BCUT2D eigenvalue weighted by Gasteiger charge is -2.23.